The standard InChI is InChI=1S/3CO.Ru/c3*1-2;/q;;;+2. The summed E-state index contributed by atoms with van der Waals surface area (Å²) in [5, 5.41) is 0. The van der Waals surface area contributed by atoms with Crippen LogP contribution >= 0.6 is 0 Å². The third kappa shape index (κ3) is 2.11. The zero-order chi connectivity index (χ0) is 5.70. The zero-order valence-electron chi connectivity index (χ0n) is 3.08. The topological polar surface area (TPSA) is 51.2 Å². The van der Waals surface area contributed by atoms with Gasteiger partial charge in [-0.25, -0.2) is 0 Å². The van der Waals surface area contributed by atoms with Gasteiger partial charge in [-0.2, -0.15) is 0 Å². The Morgan fingerprint density at radius 2 is 1.14 bits per heavy atom. The summed E-state index contributed by atoms with van der Waals surface area (Å²) in [7, 11) is 0. The van der Waals surface area contributed by atoms with Gasteiger partial charge >= 0.3 is 42.4 Å². The van der Waals surface area contributed by atoms with Gasteiger partial charge in [-0.3, -0.25) is 0 Å². The molecular formula is C3O3Ru+2. The summed E-state index contributed by atoms with van der Waals surface area (Å²) in [6, 6.07) is 0. The van der Waals surface area contributed by atoms with Gasteiger partial charge in [0.05, 0.1) is 0 Å². The molecule has 0 atom stereocenters. The van der Waals surface area contributed by atoms with Crippen LogP contribution in [0.5, 0.6) is 0 Å². The van der Waals surface area contributed by atoms with Gasteiger partial charge in [0.15, 0.2) is 0 Å². The van der Waals surface area contributed by atoms with Crippen molar-refractivity contribution >= 4 is 13.4 Å². The van der Waals surface area contributed by atoms with Crippen LogP contribution in [0.1, 0.15) is 0 Å². The Morgan fingerprint density at radius 1 is 0.857 bits per heavy atom. The fraction of sp³-hybridized carbons (Fsp3) is 0. The fourth-order valence-electron chi connectivity index (χ4n) is 0.0442. The van der Waals surface area contributed by atoms with E-state index in [2.05, 4.69) is 0 Å². The van der Waals surface area contributed by atoms with E-state index in [1.54, 1.807) is 0 Å². The molecule has 3 nitrogen and oxygen atoms in total. The van der Waals surface area contributed by atoms with Gasteiger partial charge in [0.1, 0.15) is 0 Å². The molecular weight excluding hydrogens is 185 g/mol. The molecule has 4 heteroatoms. The Labute approximate surface area is 43.0 Å². The summed E-state index contributed by atoms with van der Waals surface area (Å²) in [4.78, 5) is 28.1. The first-order valence-corrected chi connectivity index (χ1v) is 3.75. The Hall–Kier alpha value is -0.637. The molecule has 0 rings (SSSR count). The molecule has 0 aromatic carbocycles. The first kappa shape index (κ1) is 6.36. The van der Waals surface area contributed by atoms with Gasteiger partial charge in [-0.1, -0.05) is 0 Å². The van der Waals surface area contributed by atoms with Crippen LogP contribution in [0.2, 0.25) is 0 Å². The third-order valence-electron chi connectivity index (χ3n) is 0.217. The van der Waals surface area contributed by atoms with Crippen molar-refractivity contribution in [3.63, 3.8) is 0 Å². The van der Waals surface area contributed by atoms with Crippen molar-refractivity contribution in [2.75, 3.05) is 0 Å². The molecule has 0 aliphatic rings. The van der Waals surface area contributed by atoms with Gasteiger partial charge in [0.2, 0.25) is 0 Å². The van der Waals surface area contributed by atoms with Gasteiger partial charge < -0.3 is 0 Å². The Balaban J connectivity index is 5.98. The quantitative estimate of drug-likeness (QED) is 0.446. The van der Waals surface area contributed by atoms with Crippen LogP contribution in [0.3, 0.4) is 0 Å². The molecule has 0 aromatic heterocycles. The second-order valence-electron chi connectivity index (χ2n) is 0.482. The molecule has 0 unspecified atom stereocenters. The Bertz CT molecular complexity index is 209. The van der Waals surface area contributed by atoms with Gasteiger partial charge in [0, 0.05) is 0 Å². The molecule has 7 heavy (non-hydrogen) atoms. The van der Waals surface area contributed by atoms with Crippen LogP contribution in [0.15, 0.2) is 0 Å². The van der Waals surface area contributed by atoms with Gasteiger partial charge in [-0.05, 0) is 0 Å². The van der Waals surface area contributed by atoms with Crippen molar-refractivity contribution in [3.8, 4) is 0 Å². The Kier molecular flexibility index (Phi) is 3.23. The van der Waals surface area contributed by atoms with E-state index in [-0.39, 0.29) is 0 Å². The van der Waals surface area contributed by atoms with E-state index < -0.39 is 14.6 Å². The average molecular weight is 185 g/mol. The predicted molar refractivity (Wildman–Crippen MR) is 17.1 cm³/mol. The van der Waals surface area contributed by atoms with E-state index in [0.29, 0.717) is 0 Å². The summed E-state index contributed by atoms with van der Waals surface area (Å²) >= 11 is -2.62. The van der Waals surface area contributed by atoms with Crippen LogP contribution in [-0.2, 0) is 29.0 Å². The summed E-state index contributed by atoms with van der Waals surface area (Å²) < 4.78 is 3.74. The maximum atomic E-state index is 9.38. The van der Waals surface area contributed by atoms with Crippen molar-refractivity contribution in [2.45, 2.75) is 0 Å². The minimum absolute atomic E-state index is 1.25. The summed E-state index contributed by atoms with van der Waals surface area (Å²) in [6.07, 6.45) is 0. The van der Waals surface area contributed by atoms with Crippen molar-refractivity contribution in [1.29, 1.82) is 0 Å². The van der Waals surface area contributed by atoms with E-state index >= 15 is 0 Å². The normalized spacial score (nSPS) is 5.14. The number of hydrogen-bond acceptors (Lipinski definition) is 3. The van der Waals surface area contributed by atoms with E-state index in [4.69, 9.17) is 0 Å². The second-order valence-corrected chi connectivity index (χ2v) is 2.85. The van der Waals surface area contributed by atoms with Crippen LogP contribution < -0.4 is 0 Å². The molecule has 0 aliphatic heterocycles. The molecule has 0 N–H and O–H groups in total. The van der Waals surface area contributed by atoms with Crippen LogP contribution in [0, 0.1) is 0 Å². The first-order valence-electron chi connectivity index (χ1n) is 1.14. The van der Waals surface area contributed by atoms with Crippen molar-refractivity contribution in [2.24, 2.45) is 0 Å². The summed E-state index contributed by atoms with van der Waals surface area (Å²) in [5.74, 6) is 0. The third-order valence-corrected chi connectivity index (χ3v) is 1.28. The first-order chi connectivity index (χ1) is 3.35. The van der Waals surface area contributed by atoms with E-state index in [1.807, 2.05) is 0 Å². The number of rotatable bonds is 0. The molecule has 36 valence electrons. The maximum absolute atomic E-state index is 9.38. The van der Waals surface area contributed by atoms with Gasteiger partial charge in [0.25, 0.3) is 0 Å². The average Bonchev–Trinajstić information content (AvgIpc) is 1.72. The number of carbonyl (C=O) groups excluding carboxylic acids is 3. The van der Waals surface area contributed by atoms with Crippen molar-refractivity contribution in [3.05, 3.63) is 0 Å². The Morgan fingerprint density at radius 3 is 1.14 bits per heavy atom. The zero-order valence-corrected chi connectivity index (χ0v) is 4.82. The molecule has 0 saturated carbocycles. The molecule has 0 amide bonds. The molecule has 0 saturated heterocycles. The SMILES string of the molecule is O=[C]=[Ru+2](=[C]=O)=[C]=O. The number of hydrogen-bond donors (Lipinski definition) is 0. The van der Waals surface area contributed by atoms with E-state index in [0.717, 1.165) is 0 Å². The second kappa shape index (κ2) is 3.55. The molecule has 0 radical (unpaired) electrons. The molecule has 0 aliphatic carbocycles. The van der Waals surface area contributed by atoms with Crippen LogP contribution in [0.4, 0.5) is 0 Å². The van der Waals surface area contributed by atoms with E-state index in [9.17, 15) is 14.4 Å². The molecule has 0 fully saturated rings. The fourth-order valence-corrected chi connectivity index (χ4v) is 0.261. The van der Waals surface area contributed by atoms with Crippen molar-refractivity contribution < 1.29 is 29.0 Å². The summed E-state index contributed by atoms with van der Waals surface area (Å²) in [6.45, 7) is 0. The molecule has 0 aromatic rings. The van der Waals surface area contributed by atoms with Crippen LogP contribution in [0.25, 0.3) is 0 Å². The van der Waals surface area contributed by atoms with Gasteiger partial charge in [-0.15, -0.1) is 0 Å². The monoisotopic (exact) mass is 186 g/mol. The predicted octanol–water partition coefficient (Wildman–Crippen LogP) is -1.19. The van der Waals surface area contributed by atoms with Crippen molar-refractivity contribution in [1.82, 2.24) is 0 Å². The van der Waals surface area contributed by atoms with E-state index in [1.165, 1.54) is 13.4 Å². The summed E-state index contributed by atoms with van der Waals surface area (Å²) in [5.41, 5.74) is 0. The van der Waals surface area contributed by atoms with Crippen LogP contribution in [-0.4, -0.2) is 13.4 Å². The molecule has 0 spiro atoms. The molecule has 0 heterocycles. The minimum atomic E-state index is -2.62. The molecule has 0 bridgehead atoms.